The average molecular weight is 1950 g/mol. The highest BCUT2D eigenvalue weighted by Gasteiger charge is 2.29. The second-order valence-corrected chi connectivity index (χ2v) is 40.2. The molecule has 0 bridgehead atoms. The SMILES string of the molecule is c1ccc(-c2cccc(-c3nc(-c4ccc(-n5c6ccccc6c6ccc7c8ccc9c%10ccccc%10n(-c%10ccccc%10-c%10ccccc%10)c9c8sc7c65)cc4)nc(-c4ccccc4-c4ccccc4)n3)c2)cc1.c1ccc(-c2ccccc2-c2nc(-c3ccc(-n4c5ccccc5c5ccc6c7ccc8c9ccccc9n(-c9ccccc9-c9ccccc9)c8c7sc6c54)cc3)nc(-c3ccccc3-c3ccccc3)n2)cc1. The number of hydrogen-bond donors (Lipinski definition) is 0. The zero-order chi connectivity index (χ0) is 98.8. The van der Waals surface area contributed by atoms with Gasteiger partial charge in [0, 0.05) is 121 Å². The van der Waals surface area contributed by atoms with E-state index in [-0.39, 0.29) is 0 Å². The quantitative estimate of drug-likeness (QED) is 0.0956. The molecule has 0 atom stereocenters. The van der Waals surface area contributed by atoms with Crippen molar-refractivity contribution in [1.82, 2.24) is 48.2 Å². The maximum atomic E-state index is 5.31. The van der Waals surface area contributed by atoms with Crippen molar-refractivity contribution in [2.75, 3.05) is 0 Å². The van der Waals surface area contributed by atoms with Gasteiger partial charge in [-0.3, -0.25) is 0 Å². The normalized spacial score (nSPS) is 11.7. The molecule has 150 heavy (non-hydrogen) atoms. The third kappa shape index (κ3) is 14.7. The summed E-state index contributed by atoms with van der Waals surface area (Å²) in [7, 11) is 0. The summed E-state index contributed by atoms with van der Waals surface area (Å²) in [6, 6.07) is 186. The molecule has 0 fully saturated rings. The van der Waals surface area contributed by atoms with Crippen molar-refractivity contribution in [2.24, 2.45) is 0 Å². The van der Waals surface area contributed by atoms with Crippen molar-refractivity contribution in [3.05, 3.63) is 522 Å². The first-order valence-electron chi connectivity index (χ1n) is 50.7. The van der Waals surface area contributed by atoms with Crippen molar-refractivity contribution < 1.29 is 0 Å². The molecule has 0 radical (unpaired) electrons. The van der Waals surface area contributed by atoms with Crippen LogP contribution in [-0.2, 0) is 0 Å². The van der Waals surface area contributed by atoms with E-state index in [2.05, 4.69) is 516 Å². The third-order valence-electron chi connectivity index (χ3n) is 29.6. The molecule has 0 N–H and O–H groups in total. The molecule has 12 heteroatoms. The first-order chi connectivity index (χ1) is 74.4. The van der Waals surface area contributed by atoms with E-state index in [0.29, 0.717) is 34.9 Å². The van der Waals surface area contributed by atoms with Crippen molar-refractivity contribution in [1.29, 1.82) is 0 Å². The fourth-order valence-electron chi connectivity index (χ4n) is 22.8. The maximum Gasteiger partial charge on any atom is 0.164 e. The third-order valence-corrected chi connectivity index (χ3v) is 32.1. The summed E-state index contributed by atoms with van der Waals surface area (Å²) in [6.45, 7) is 0. The Morgan fingerprint density at radius 1 is 0.133 bits per heavy atom. The highest BCUT2D eigenvalue weighted by atomic mass is 32.1. The number of aromatic nitrogens is 10. The second kappa shape index (κ2) is 36.4. The molecule has 8 aromatic heterocycles. The molecule has 22 aromatic carbocycles. The molecule has 8 heterocycles. The smallest absolute Gasteiger partial charge is 0.164 e. The zero-order valence-corrected chi connectivity index (χ0v) is 82.6. The molecule has 0 spiro atoms. The Hall–Kier alpha value is -19.5. The molecule has 0 saturated heterocycles. The Balaban J connectivity index is 0.000000141. The number of rotatable bonds is 16. The predicted octanol–water partition coefficient (Wildman–Crippen LogP) is 36.9. The highest BCUT2D eigenvalue weighted by Crippen LogP contribution is 2.53. The van der Waals surface area contributed by atoms with Gasteiger partial charge >= 0.3 is 0 Å². The molecular weight excluding hydrogens is 1860 g/mol. The van der Waals surface area contributed by atoms with Crippen LogP contribution < -0.4 is 0 Å². The molecule has 0 amide bonds. The van der Waals surface area contributed by atoms with Crippen LogP contribution in [0, 0.1) is 0 Å². The molecule has 0 aliphatic heterocycles. The van der Waals surface area contributed by atoms with Gasteiger partial charge in [-0.15, -0.1) is 22.7 Å². The topological polar surface area (TPSA) is 97.1 Å². The van der Waals surface area contributed by atoms with Crippen molar-refractivity contribution in [3.8, 4) is 158 Å². The lowest BCUT2D eigenvalue weighted by Gasteiger charge is -2.14. The van der Waals surface area contributed by atoms with Crippen molar-refractivity contribution in [2.45, 2.75) is 0 Å². The number of hydrogen-bond acceptors (Lipinski definition) is 8. The Bertz CT molecular complexity index is 10500. The lowest BCUT2D eigenvalue weighted by atomic mass is 9.98. The van der Waals surface area contributed by atoms with Gasteiger partial charge in [0.05, 0.1) is 74.3 Å². The van der Waals surface area contributed by atoms with Crippen LogP contribution in [-0.4, -0.2) is 48.2 Å². The summed E-state index contributed by atoms with van der Waals surface area (Å²) in [5, 5.41) is 14.9. The number of benzene rings is 22. The zero-order valence-electron chi connectivity index (χ0n) is 80.9. The van der Waals surface area contributed by atoms with E-state index in [1.165, 1.54) is 139 Å². The Labute approximate surface area is 871 Å². The van der Waals surface area contributed by atoms with E-state index >= 15 is 0 Å². The van der Waals surface area contributed by atoms with Crippen LogP contribution in [0.2, 0.25) is 0 Å². The van der Waals surface area contributed by atoms with Crippen LogP contribution in [0.1, 0.15) is 0 Å². The van der Waals surface area contributed by atoms with Crippen LogP contribution in [0.25, 0.3) is 285 Å². The van der Waals surface area contributed by atoms with Crippen LogP contribution >= 0.6 is 22.7 Å². The van der Waals surface area contributed by atoms with Gasteiger partial charge in [0.2, 0.25) is 0 Å². The first-order valence-corrected chi connectivity index (χ1v) is 52.3. The molecular formula is C138H86N10S2. The summed E-state index contributed by atoms with van der Waals surface area (Å²) < 4.78 is 15.0. The average Bonchev–Trinajstić information content (AvgIpc) is 1.54. The Morgan fingerprint density at radius 3 is 0.693 bits per heavy atom. The largest absolute Gasteiger partial charge is 0.308 e. The standard InChI is InChI=1S/2C69H43N5S/c1-4-20-44(21-5-1)49-26-10-12-31-58(49)68-70-67(71-69(72-68)59-32-13-11-27-50(59)45-22-6-2-7-23-45)47-36-38-48(39-37-47)73-61-34-18-15-29-52(61)54-40-42-56-57-43-41-55-53-30-16-19-35-62(53)74(64(55)66(57)75-65(56)63(54)73)60-33-17-14-28-51(60)46-24-8-3-9-25-46;1-4-19-44(20-5-1)48-25-18-26-49(43-48)68-70-67(71-69(72-68)59-31-11-10-27-51(59)45-21-6-2-7-22-45)47-35-37-50(38-36-47)73-61-33-16-13-29-53(61)55-39-41-57-58-42-40-56-54-30-14-17-34-62(54)74(64(56)66(58)75-65(57)63(55)73)60-32-15-12-28-52(60)46-23-8-3-9-24-46/h2*1-43H. The van der Waals surface area contributed by atoms with Gasteiger partial charge in [0.25, 0.3) is 0 Å². The maximum absolute atomic E-state index is 5.31. The molecule has 30 aromatic rings. The van der Waals surface area contributed by atoms with Gasteiger partial charge in [0.1, 0.15) is 0 Å². The first kappa shape index (κ1) is 87.1. The lowest BCUT2D eigenvalue weighted by Crippen LogP contribution is -2.02. The van der Waals surface area contributed by atoms with Gasteiger partial charge in [-0.25, -0.2) is 29.9 Å². The Kier molecular flexibility index (Phi) is 21.1. The monoisotopic (exact) mass is 1950 g/mol. The summed E-state index contributed by atoms with van der Waals surface area (Å²) in [4.78, 5) is 31.7. The minimum Gasteiger partial charge on any atom is -0.308 e. The van der Waals surface area contributed by atoms with Gasteiger partial charge in [-0.05, 0) is 147 Å². The minimum atomic E-state index is 0.606. The lowest BCUT2D eigenvalue weighted by molar-refractivity contribution is 1.07. The summed E-state index contributed by atoms with van der Waals surface area (Å²) in [5.74, 6) is 3.69. The summed E-state index contributed by atoms with van der Waals surface area (Å²) in [5.41, 5.74) is 33.1. The molecule has 0 unspecified atom stereocenters. The fraction of sp³-hybridized carbons (Fsp3) is 0. The number of fused-ring (bicyclic) bond motifs is 22. The van der Waals surface area contributed by atoms with Crippen LogP contribution in [0.15, 0.2) is 522 Å². The molecule has 0 aliphatic rings. The molecule has 30 rings (SSSR count). The van der Waals surface area contributed by atoms with E-state index in [1.807, 2.05) is 46.9 Å². The van der Waals surface area contributed by atoms with Gasteiger partial charge in [-0.2, -0.15) is 0 Å². The number of para-hydroxylation sites is 6. The van der Waals surface area contributed by atoms with Gasteiger partial charge in [0.15, 0.2) is 34.9 Å². The van der Waals surface area contributed by atoms with Gasteiger partial charge in [-0.1, -0.05) is 431 Å². The van der Waals surface area contributed by atoms with Crippen molar-refractivity contribution >= 4 is 150 Å². The minimum absolute atomic E-state index is 0.606. The number of thiophene rings is 2. The molecule has 0 saturated carbocycles. The van der Waals surface area contributed by atoms with E-state index in [1.54, 1.807) is 0 Å². The molecule has 10 nitrogen and oxygen atoms in total. The predicted molar refractivity (Wildman–Crippen MR) is 628 cm³/mol. The van der Waals surface area contributed by atoms with E-state index in [9.17, 15) is 0 Å². The molecule has 700 valence electrons. The van der Waals surface area contributed by atoms with Gasteiger partial charge < -0.3 is 18.3 Å². The van der Waals surface area contributed by atoms with Crippen LogP contribution in [0.5, 0.6) is 0 Å². The van der Waals surface area contributed by atoms with Crippen LogP contribution in [0.4, 0.5) is 0 Å². The van der Waals surface area contributed by atoms with E-state index in [0.717, 1.165) is 112 Å². The Morgan fingerprint density at radius 2 is 0.360 bits per heavy atom. The van der Waals surface area contributed by atoms with Crippen LogP contribution in [0.3, 0.4) is 0 Å². The second-order valence-electron chi connectivity index (χ2n) is 38.1. The highest BCUT2D eigenvalue weighted by molar-refractivity contribution is 7.28. The van der Waals surface area contributed by atoms with Crippen molar-refractivity contribution in [3.63, 3.8) is 0 Å². The number of nitrogens with zero attached hydrogens (tertiary/aromatic N) is 10. The summed E-state index contributed by atoms with van der Waals surface area (Å²) in [6.07, 6.45) is 0. The molecule has 0 aliphatic carbocycles. The summed E-state index contributed by atoms with van der Waals surface area (Å²) >= 11 is 3.80. The van der Waals surface area contributed by atoms with E-state index in [4.69, 9.17) is 29.9 Å². The fourth-order valence-corrected chi connectivity index (χ4v) is 25.6. The van der Waals surface area contributed by atoms with E-state index < -0.39 is 0 Å².